The molecule has 3 N–H and O–H groups in total. The number of aryl methyl sites for hydroxylation is 1. The van der Waals surface area contributed by atoms with E-state index >= 15 is 0 Å². The van der Waals surface area contributed by atoms with Gasteiger partial charge in [0, 0.05) is 29.3 Å². The summed E-state index contributed by atoms with van der Waals surface area (Å²) in [6.07, 6.45) is 1.27. The Morgan fingerprint density at radius 1 is 1.10 bits per heavy atom. The van der Waals surface area contributed by atoms with Crippen LogP contribution in [0.2, 0.25) is 10.0 Å². The van der Waals surface area contributed by atoms with Crippen molar-refractivity contribution in [1.29, 1.82) is 0 Å². The number of halogens is 4. The van der Waals surface area contributed by atoms with Crippen molar-refractivity contribution in [2.45, 2.75) is 19.9 Å². The summed E-state index contributed by atoms with van der Waals surface area (Å²) in [4.78, 5) is 27.7. The van der Waals surface area contributed by atoms with Crippen molar-refractivity contribution in [3.63, 3.8) is 0 Å². The van der Waals surface area contributed by atoms with Crippen molar-refractivity contribution in [2.75, 3.05) is 0 Å². The summed E-state index contributed by atoms with van der Waals surface area (Å²) in [5.74, 6) is -2.52. The molecule has 0 spiro atoms. The quantitative estimate of drug-likeness (QED) is 0.394. The van der Waals surface area contributed by atoms with Gasteiger partial charge in [0.25, 0.3) is 0 Å². The lowest BCUT2D eigenvalue weighted by Crippen LogP contribution is -2.47. The Hall–Kier alpha value is -3.31. The zero-order valence-electron chi connectivity index (χ0n) is 16.0. The second-order valence-corrected chi connectivity index (χ2v) is 7.06. The highest BCUT2D eigenvalue weighted by atomic mass is 35.5. The van der Waals surface area contributed by atoms with E-state index in [4.69, 9.17) is 27.6 Å². The molecule has 0 saturated heterocycles. The van der Waals surface area contributed by atoms with Crippen LogP contribution in [0.1, 0.15) is 35.2 Å². The van der Waals surface area contributed by atoms with Crippen LogP contribution in [-0.4, -0.2) is 27.1 Å². The molecule has 0 aliphatic carbocycles. The Labute approximate surface area is 184 Å². The van der Waals surface area contributed by atoms with E-state index in [1.807, 2.05) is 0 Å². The van der Waals surface area contributed by atoms with E-state index in [0.717, 1.165) is 12.1 Å². The maximum absolute atomic E-state index is 14.6. The first-order valence-electron chi connectivity index (χ1n) is 8.63. The molecule has 0 aliphatic heterocycles. The minimum atomic E-state index is -0.886. The molecule has 0 fully saturated rings. The highest BCUT2D eigenvalue weighted by Gasteiger charge is 2.19. The highest BCUT2D eigenvalue weighted by molar-refractivity contribution is 6.35. The van der Waals surface area contributed by atoms with E-state index < -0.39 is 29.6 Å². The first-order valence-corrected chi connectivity index (χ1v) is 9.38. The lowest BCUT2D eigenvalue weighted by Gasteiger charge is -2.16. The summed E-state index contributed by atoms with van der Waals surface area (Å²) in [6.45, 7) is 2.97. The molecule has 31 heavy (non-hydrogen) atoms. The van der Waals surface area contributed by atoms with Crippen LogP contribution in [0.4, 0.5) is 13.6 Å². The molecule has 1 atom stereocenters. The lowest BCUT2D eigenvalue weighted by atomic mass is 10.1. The van der Waals surface area contributed by atoms with E-state index in [9.17, 15) is 18.4 Å². The highest BCUT2D eigenvalue weighted by Crippen LogP contribution is 2.33. The molecular weight excluding hydrogens is 457 g/mol. The van der Waals surface area contributed by atoms with Crippen molar-refractivity contribution < 1.29 is 22.8 Å². The van der Waals surface area contributed by atoms with E-state index in [2.05, 4.69) is 31.3 Å². The summed E-state index contributed by atoms with van der Waals surface area (Å²) in [7, 11) is 0. The number of carbonyl (C=O) groups is 2. The van der Waals surface area contributed by atoms with Gasteiger partial charge in [-0.3, -0.25) is 15.2 Å². The van der Waals surface area contributed by atoms with E-state index in [0.29, 0.717) is 0 Å². The van der Waals surface area contributed by atoms with Crippen LogP contribution < -0.4 is 16.2 Å². The Kier molecular flexibility index (Phi) is 6.66. The predicted molar refractivity (Wildman–Crippen MR) is 106 cm³/mol. The maximum atomic E-state index is 14.6. The second-order valence-electron chi connectivity index (χ2n) is 6.24. The second kappa shape index (κ2) is 9.23. The molecule has 9 nitrogen and oxygen atoms in total. The van der Waals surface area contributed by atoms with Crippen LogP contribution >= 0.6 is 23.2 Å². The predicted octanol–water partition coefficient (Wildman–Crippen LogP) is 3.73. The number of pyridine rings is 1. The fraction of sp³-hybridized carbons (Fsp3) is 0.167. The fourth-order valence-corrected chi connectivity index (χ4v) is 2.96. The zero-order valence-corrected chi connectivity index (χ0v) is 17.5. The summed E-state index contributed by atoms with van der Waals surface area (Å²) >= 11 is 11.8. The number of amides is 3. The third-order valence-electron chi connectivity index (χ3n) is 3.94. The normalized spacial score (nSPS) is 11.7. The summed E-state index contributed by atoms with van der Waals surface area (Å²) in [6, 6.07) is 1.78. The van der Waals surface area contributed by atoms with Crippen molar-refractivity contribution in [1.82, 2.24) is 31.3 Å². The molecule has 0 aliphatic rings. The van der Waals surface area contributed by atoms with Gasteiger partial charge in [-0.05, 0) is 25.1 Å². The standard InChI is InChI=1S/C18H14Cl2F2N6O3/c1-7(24-18(30)28-26-16(29)17-27-25-8(2)31-17)15-13(22)3-9(6-23-15)11-4-10(19)5-12(21)14(11)20/h3-7H,1-2H3,(H,26,29)(H2,24,28,30)/t7-/m1/s1. The number of hydrogen-bond donors (Lipinski definition) is 3. The van der Waals surface area contributed by atoms with Crippen LogP contribution in [0, 0.1) is 18.6 Å². The zero-order chi connectivity index (χ0) is 22.7. The molecule has 162 valence electrons. The topological polar surface area (TPSA) is 122 Å². The third kappa shape index (κ3) is 5.25. The summed E-state index contributed by atoms with van der Waals surface area (Å²) < 4.78 is 33.3. The van der Waals surface area contributed by atoms with Gasteiger partial charge in [-0.15, -0.1) is 10.2 Å². The molecular formula is C18H14Cl2F2N6O3. The molecule has 2 heterocycles. The summed E-state index contributed by atoms with van der Waals surface area (Å²) in [5.41, 5.74) is 4.39. The molecule has 0 bridgehead atoms. The molecule has 3 rings (SSSR count). The van der Waals surface area contributed by atoms with Crippen LogP contribution in [0.3, 0.4) is 0 Å². The minimum absolute atomic E-state index is 0.0887. The first-order chi connectivity index (χ1) is 14.7. The molecule has 3 amide bonds. The van der Waals surface area contributed by atoms with E-state index in [1.54, 1.807) is 0 Å². The average molecular weight is 471 g/mol. The van der Waals surface area contributed by atoms with E-state index in [-0.39, 0.29) is 38.6 Å². The summed E-state index contributed by atoms with van der Waals surface area (Å²) in [5, 5.41) is 9.24. The van der Waals surface area contributed by atoms with Crippen LogP contribution in [0.15, 0.2) is 28.8 Å². The molecule has 0 radical (unpaired) electrons. The van der Waals surface area contributed by atoms with Gasteiger partial charge in [0.15, 0.2) is 0 Å². The van der Waals surface area contributed by atoms with Crippen molar-refractivity contribution in [3.8, 4) is 11.1 Å². The van der Waals surface area contributed by atoms with Crippen molar-refractivity contribution >= 4 is 35.1 Å². The number of nitrogens with one attached hydrogen (secondary N) is 3. The molecule has 2 aromatic heterocycles. The number of carbonyl (C=O) groups excluding carboxylic acids is 2. The van der Waals surface area contributed by atoms with Gasteiger partial charge in [-0.25, -0.2) is 19.0 Å². The first kappa shape index (κ1) is 22.4. The van der Waals surface area contributed by atoms with Crippen LogP contribution in [0.5, 0.6) is 0 Å². The lowest BCUT2D eigenvalue weighted by molar-refractivity contribution is 0.0899. The third-order valence-corrected chi connectivity index (χ3v) is 4.54. The number of urea groups is 1. The fourth-order valence-electron chi connectivity index (χ4n) is 2.54. The van der Waals surface area contributed by atoms with Gasteiger partial charge in [0.2, 0.25) is 5.89 Å². The van der Waals surface area contributed by atoms with Gasteiger partial charge in [0.05, 0.1) is 16.8 Å². The van der Waals surface area contributed by atoms with Gasteiger partial charge in [-0.1, -0.05) is 23.2 Å². The number of rotatable bonds is 4. The van der Waals surface area contributed by atoms with Crippen LogP contribution in [0.25, 0.3) is 11.1 Å². The van der Waals surface area contributed by atoms with Gasteiger partial charge in [0.1, 0.15) is 11.6 Å². The number of hydrazine groups is 1. The number of aromatic nitrogens is 3. The van der Waals surface area contributed by atoms with Crippen LogP contribution in [-0.2, 0) is 0 Å². The SMILES string of the molecule is Cc1nnc(C(=O)NNC(=O)N[C@H](C)c2ncc(-c3cc(Cl)cc(F)c3Cl)cc2F)o1. The van der Waals surface area contributed by atoms with Crippen molar-refractivity contribution in [2.24, 2.45) is 0 Å². The van der Waals surface area contributed by atoms with E-state index in [1.165, 1.54) is 26.1 Å². The average Bonchev–Trinajstić information content (AvgIpc) is 3.15. The molecule has 0 saturated carbocycles. The van der Waals surface area contributed by atoms with Gasteiger partial charge < -0.3 is 9.73 Å². The molecule has 3 aromatic rings. The van der Waals surface area contributed by atoms with Gasteiger partial charge >= 0.3 is 17.8 Å². The van der Waals surface area contributed by atoms with Gasteiger partial charge in [-0.2, -0.15) is 0 Å². The Bertz CT molecular complexity index is 1160. The molecule has 0 unspecified atom stereocenters. The smallest absolute Gasteiger partial charge is 0.334 e. The largest absolute Gasteiger partial charge is 0.417 e. The monoisotopic (exact) mass is 470 g/mol. The Morgan fingerprint density at radius 2 is 1.84 bits per heavy atom. The number of hydrogen-bond acceptors (Lipinski definition) is 6. The Morgan fingerprint density at radius 3 is 2.48 bits per heavy atom. The minimum Gasteiger partial charge on any atom is -0.417 e. The number of benzene rings is 1. The van der Waals surface area contributed by atoms with Crippen molar-refractivity contribution in [3.05, 3.63) is 63.6 Å². The Balaban J connectivity index is 1.66. The molecule has 1 aromatic carbocycles. The molecule has 13 heteroatoms. The number of nitrogens with zero attached hydrogens (tertiary/aromatic N) is 3. The maximum Gasteiger partial charge on any atom is 0.334 e.